The molecule has 0 amide bonds. The van der Waals surface area contributed by atoms with Gasteiger partial charge in [-0.15, -0.1) is 0 Å². The van der Waals surface area contributed by atoms with Crippen LogP contribution in [0.1, 0.15) is 16.8 Å². The second kappa shape index (κ2) is 6.90. The molecule has 7 heteroatoms. The van der Waals surface area contributed by atoms with Gasteiger partial charge in [0, 0.05) is 4.47 Å². The molecule has 1 aromatic heterocycles. The molecule has 0 fully saturated rings. The van der Waals surface area contributed by atoms with Crippen LogP contribution in [0.3, 0.4) is 0 Å². The first-order valence-electron chi connectivity index (χ1n) is 6.36. The standard InChI is InChI=1S/C15H12BrN5O/c16-13-4-2-1-3-10(13)7-11(8-17)14-12(9-18)15(19)21(20-14)5-6-22/h1-4,7,22H,5-6,19H2. The number of anilines is 1. The third kappa shape index (κ3) is 3.01. The Labute approximate surface area is 135 Å². The van der Waals surface area contributed by atoms with E-state index in [1.165, 1.54) is 4.68 Å². The molecule has 0 saturated carbocycles. The van der Waals surface area contributed by atoms with Gasteiger partial charge in [-0.1, -0.05) is 34.1 Å². The van der Waals surface area contributed by atoms with Gasteiger partial charge in [-0.25, -0.2) is 4.68 Å². The van der Waals surface area contributed by atoms with E-state index in [0.29, 0.717) is 0 Å². The van der Waals surface area contributed by atoms with Gasteiger partial charge in [0.25, 0.3) is 0 Å². The highest BCUT2D eigenvalue weighted by Crippen LogP contribution is 2.26. The van der Waals surface area contributed by atoms with Crippen LogP contribution in [0.4, 0.5) is 5.82 Å². The summed E-state index contributed by atoms with van der Waals surface area (Å²) in [6.07, 6.45) is 1.63. The van der Waals surface area contributed by atoms with E-state index in [0.717, 1.165) is 10.0 Å². The number of aliphatic hydroxyl groups is 1. The quantitative estimate of drug-likeness (QED) is 0.814. The minimum Gasteiger partial charge on any atom is -0.394 e. The zero-order valence-corrected chi connectivity index (χ0v) is 13.1. The third-order valence-corrected chi connectivity index (χ3v) is 3.72. The lowest BCUT2D eigenvalue weighted by molar-refractivity contribution is 0.270. The number of nitriles is 2. The minimum absolute atomic E-state index is 0.133. The van der Waals surface area contributed by atoms with E-state index in [1.807, 2.05) is 36.4 Å². The number of hydrogen-bond acceptors (Lipinski definition) is 5. The average molecular weight is 358 g/mol. The van der Waals surface area contributed by atoms with Gasteiger partial charge in [0.05, 0.1) is 18.7 Å². The lowest BCUT2D eigenvalue weighted by atomic mass is 10.1. The molecule has 0 unspecified atom stereocenters. The number of nitrogen functional groups attached to an aromatic ring is 1. The van der Waals surface area contributed by atoms with E-state index in [1.54, 1.807) is 6.08 Å². The van der Waals surface area contributed by atoms with Crippen molar-refractivity contribution >= 4 is 33.4 Å². The summed E-state index contributed by atoms with van der Waals surface area (Å²) in [6.45, 7) is 0.000274. The molecular formula is C15H12BrN5O. The predicted octanol–water partition coefficient (Wildman–Crippen LogP) is 2.16. The Hall–Kier alpha value is -2.61. The lowest BCUT2D eigenvalue weighted by Gasteiger charge is -1.99. The highest BCUT2D eigenvalue weighted by molar-refractivity contribution is 9.10. The van der Waals surface area contributed by atoms with Crippen LogP contribution < -0.4 is 5.73 Å². The summed E-state index contributed by atoms with van der Waals surface area (Å²) in [4.78, 5) is 0. The summed E-state index contributed by atoms with van der Waals surface area (Å²) >= 11 is 3.40. The second-order valence-corrected chi connectivity index (χ2v) is 5.21. The first-order chi connectivity index (χ1) is 10.6. The molecule has 0 aliphatic carbocycles. The Kier molecular flexibility index (Phi) is 4.95. The highest BCUT2D eigenvalue weighted by Gasteiger charge is 2.18. The van der Waals surface area contributed by atoms with Crippen molar-refractivity contribution in [2.24, 2.45) is 0 Å². The van der Waals surface area contributed by atoms with Crippen molar-refractivity contribution < 1.29 is 5.11 Å². The average Bonchev–Trinajstić information content (AvgIpc) is 2.83. The molecule has 0 atom stereocenters. The molecule has 2 rings (SSSR count). The van der Waals surface area contributed by atoms with Gasteiger partial charge in [-0.3, -0.25) is 0 Å². The van der Waals surface area contributed by atoms with Gasteiger partial charge in [-0.2, -0.15) is 15.6 Å². The van der Waals surface area contributed by atoms with E-state index < -0.39 is 0 Å². The van der Waals surface area contributed by atoms with Crippen LogP contribution in [-0.4, -0.2) is 21.5 Å². The third-order valence-electron chi connectivity index (χ3n) is 3.00. The normalized spacial score (nSPS) is 11.0. The Balaban J connectivity index is 2.58. The Bertz CT molecular complexity index is 810. The van der Waals surface area contributed by atoms with Crippen molar-refractivity contribution in [1.29, 1.82) is 10.5 Å². The van der Waals surface area contributed by atoms with Crippen LogP contribution >= 0.6 is 15.9 Å². The first kappa shape index (κ1) is 15.8. The van der Waals surface area contributed by atoms with Gasteiger partial charge in [-0.05, 0) is 17.7 Å². The number of halogens is 1. The number of aliphatic hydroxyl groups excluding tert-OH is 1. The van der Waals surface area contributed by atoms with Crippen LogP contribution in [0.25, 0.3) is 11.6 Å². The molecule has 6 nitrogen and oxygen atoms in total. The molecule has 0 aliphatic heterocycles. The van der Waals surface area contributed by atoms with Crippen molar-refractivity contribution in [1.82, 2.24) is 9.78 Å². The minimum atomic E-state index is -0.161. The van der Waals surface area contributed by atoms with Crippen LogP contribution in [0, 0.1) is 22.7 Å². The largest absolute Gasteiger partial charge is 0.394 e. The van der Waals surface area contributed by atoms with Gasteiger partial charge < -0.3 is 10.8 Å². The first-order valence-corrected chi connectivity index (χ1v) is 7.15. The summed E-state index contributed by atoms with van der Waals surface area (Å²) in [6, 6.07) is 11.4. The van der Waals surface area contributed by atoms with Crippen molar-refractivity contribution in [2.75, 3.05) is 12.3 Å². The van der Waals surface area contributed by atoms with E-state index in [9.17, 15) is 10.5 Å². The maximum atomic E-state index is 9.40. The number of hydrogen-bond donors (Lipinski definition) is 2. The molecule has 2 aromatic rings. The number of rotatable bonds is 4. The van der Waals surface area contributed by atoms with Crippen LogP contribution in [0.2, 0.25) is 0 Å². The zero-order valence-electron chi connectivity index (χ0n) is 11.5. The Morgan fingerprint density at radius 1 is 1.41 bits per heavy atom. The summed E-state index contributed by atoms with van der Waals surface area (Å²) in [5.74, 6) is 0.139. The Morgan fingerprint density at radius 3 is 2.73 bits per heavy atom. The smallest absolute Gasteiger partial charge is 0.140 e. The van der Waals surface area contributed by atoms with Crippen molar-refractivity contribution in [3.05, 3.63) is 45.6 Å². The monoisotopic (exact) mass is 357 g/mol. The van der Waals surface area contributed by atoms with Crippen molar-refractivity contribution in [3.8, 4) is 12.1 Å². The summed E-state index contributed by atoms with van der Waals surface area (Å²) in [7, 11) is 0. The number of aromatic nitrogens is 2. The SMILES string of the molecule is N#CC(=Cc1ccccc1Br)c1nn(CCO)c(N)c1C#N. The fourth-order valence-corrected chi connectivity index (χ4v) is 2.34. The predicted molar refractivity (Wildman–Crippen MR) is 86.1 cm³/mol. The maximum absolute atomic E-state index is 9.40. The molecule has 0 bridgehead atoms. The number of benzene rings is 1. The maximum Gasteiger partial charge on any atom is 0.140 e. The highest BCUT2D eigenvalue weighted by atomic mass is 79.9. The van der Waals surface area contributed by atoms with Crippen LogP contribution in [0.15, 0.2) is 28.7 Å². The molecule has 22 heavy (non-hydrogen) atoms. The molecular weight excluding hydrogens is 346 g/mol. The zero-order chi connectivity index (χ0) is 16.1. The van der Waals surface area contributed by atoms with E-state index in [-0.39, 0.29) is 35.8 Å². The number of nitrogens with two attached hydrogens (primary N) is 1. The summed E-state index contributed by atoms with van der Waals surface area (Å²) in [5.41, 5.74) is 7.20. The lowest BCUT2D eigenvalue weighted by Crippen LogP contribution is -2.07. The van der Waals surface area contributed by atoms with Gasteiger partial charge in [0.2, 0.25) is 0 Å². The number of nitrogens with zero attached hydrogens (tertiary/aromatic N) is 4. The molecule has 0 aliphatic rings. The van der Waals surface area contributed by atoms with Gasteiger partial charge in [0.15, 0.2) is 0 Å². The molecule has 110 valence electrons. The molecule has 0 saturated heterocycles. The molecule has 1 aromatic carbocycles. The fourth-order valence-electron chi connectivity index (χ4n) is 1.94. The van der Waals surface area contributed by atoms with Crippen molar-refractivity contribution in [2.45, 2.75) is 6.54 Å². The van der Waals surface area contributed by atoms with Crippen molar-refractivity contribution in [3.63, 3.8) is 0 Å². The van der Waals surface area contributed by atoms with Crippen LogP contribution in [-0.2, 0) is 6.54 Å². The van der Waals surface area contributed by atoms with Gasteiger partial charge >= 0.3 is 0 Å². The molecule has 3 N–H and O–H groups in total. The molecule has 0 spiro atoms. The van der Waals surface area contributed by atoms with Gasteiger partial charge in [0.1, 0.15) is 29.2 Å². The summed E-state index contributed by atoms with van der Waals surface area (Å²) < 4.78 is 2.14. The molecule has 0 radical (unpaired) electrons. The fraction of sp³-hybridized carbons (Fsp3) is 0.133. The second-order valence-electron chi connectivity index (χ2n) is 4.36. The van der Waals surface area contributed by atoms with E-state index in [2.05, 4.69) is 21.0 Å². The summed E-state index contributed by atoms with van der Waals surface area (Å²) in [5, 5.41) is 31.8. The number of allylic oxidation sites excluding steroid dienone is 1. The topological polar surface area (TPSA) is 112 Å². The molecule has 1 heterocycles. The van der Waals surface area contributed by atoms with E-state index in [4.69, 9.17) is 10.8 Å². The Morgan fingerprint density at radius 2 is 2.14 bits per heavy atom. The van der Waals surface area contributed by atoms with E-state index >= 15 is 0 Å². The van der Waals surface area contributed by atoms with Crippen LogP contribution in [0.5, 0.6) is 0 Å².